The first kappa shape index (κ1) is 14.1. The van der Waals surface area contributed by atoms with Crippen LogP contribution in [0.5, 0.6) is 0 Å². The third kappa shape index (κ3) is 2.04. The molecule has 1 aliphatic rings. The number of fused-ring (bicyclic) bond motifs is 2. The second-order valence-corrected chi connectivity index (χ2v) is 5.96. The van der Waals surface area contributed by atoms with Gasteiger partial charge in [0.25, 0.3) is 0 Å². The summed E-state index contributed by atoms with van der Waals surface area (Å²) in [5, 5.41) is 7.59. The van der Waals surface area contributed by atoms with Gasteiger partial charge in [-0.05, 0) is 30.3 Å². The maximum Gasteiger partial charge on any atom is 0.137 e. The van der Waals surface area contributed by atoms with E-state index >= 15 is 0 Å². The van der Waals surface area contributed by atoms with E-state index in [1.807, 2.05) is 30.3 Å². The zero-order chi connectivity index (χ0) is 17.0. The second-order valence-electron chi connectivity index (χ2n) is 5.96. The Kier molecular flexibility index (Phi) is 2.88. The monoisotopic (exact) mass is 334 g/mol. The molecule has 0 radical (unpaired) electrons. The average Bonchev–Trinajstić information content (AvgIpc) is 3.00. The van der Waals surface area contributed by atoms with Crippen molar-refractivity contribution in [3.8, 4) is 11.3 Å². The topological polar surface area (TPSA) is 42.2 Å². The maximum absolute atomic E-state index is 14.5. The molecular weight excluding hydrogens is 322 g/mol. The van der Waals surface area contributed by atoms with Gasteiger partial charge in [0.05, 0.1) is 11.6 Å². The van der Waals surface area contributed by atoms with Crippen molar-refractivity contribution in [3.05, 3.63) is 83.8 Å². The molecule has 25 heavy (non-hydrogen) atoms. The van der Waals surface area contributed by atoms with E-state index in [4.69, 9.17) is 0 Å². The molecule has 0 spiro atoms. The fraction of sp³-hybridized carbons (Fsp3) is 0.0526. The van der Waals surface area contributed by atoms with Crippen LogP contribution in [0, 0.1) is 11.6 Å². The number of halogens is 2. The van der Waals surface area contributed by atoms with Crippen LogP contribution in [-0.4, -0.2) is 14.6 Å². The van der Waals surface area contributed by atoms with Gasteiger partial charge in [-0.25, -0.2) is 18.3 Å². The smallest absolute Gasteiger partial charge is 0.137 e. The summed E-state index contributed by atoms with van der Waals surface area (Å²) in [4.78, 5) is 4.44. The molecular formula is C19H12F2N4. The zero-order valence-electron chi connectivity index (χ0n) is 12.9. The Morgan fingerprint density at radius 3 is 2.80 bits per heavy atom. The summed E-state index contributed by atoms with van der Waals surface area (Å²) < 4.78 is 30.0. The molecule has 1 N–H and O–H groups in total. The van der Waals surface area contributed by atoms with Crippen LogP contribution in [0.1, 0.15) is 17.2 Å². The molecule has 0 bridgehead atoms. The first-order chi connectivity index (χ1) is 12.2. The highest BCUT2D eigenvalue weighted by Gasteiger charge is 2.28. The number of hydrogen-bond donors (Lipinski definition) is 1. The molecule has 4 aromatic rings. The summed E-state index contributed by atoms with van der Waals surface area (Å²) in [6.45, 7) is 0. The summed E-state index contributed by atoms with van der Waals surface area (Å²) in [6.07, 6.45) is 3.29. The summed E-state index contributed by atoms with van der Waals surface area (Å²) in [5.41, 5.74) is 4.31. The van der Waals surface area contributed by atoms with Gasteiger partial charge in [-0.15, -0.1) is 0 Å². The van der Waals surface area contributed by atoms with Gasteiger partial charge < -0.3 is 5.32 Å². The van der Waals surface area contributed by atoms with Crippen LogP contribution in [0.2, 0.25) is 0 Å². The van der Waals surface area contributed by atoms with E-state index in [9.17, 15) is 8.78 Å². The number of anilines is 1. The maximum atomic E-state index is 14.5. The highest BCUT2D eigenvalue weighted by Crippen LogP contribution is 2.41. The van der Waals surface area contributed by atoms with E-state index in [-0.39, 0.29) is 5.56 Å². The van der Waals surface area contributed by atoms with Gasteiger partial charge in [0.2, 0.25) is 0 Å². The first-order valence-electron chi connectivity index (χ1n) is 7.85. The van der Waals surface area contributed by atoms with Crippen molar-refractivity contribution in [2.75, 3.05) is 5.32 Å². The largest absolute Gasteiger partial charge is 0.373 e. The number of nitrogens with zero attached hydrogens (tertiary/aromatic N) is 3. The van der Waals surface area contributed by atoms with Gasteiger partial charge in [0.1, 0.15) is 23.7 Å². The molecule has 1 unspecified atom stereocenters. The SMILES string of the molecule is Fc1ccc(F)c(C2Nc3ccccc3-c3ncnn4ccc2c34)c1. The van der Waals surface area contributed by atoms with Crippen molar-refractivity contribution in [2.45, 2.75) is 6.04 Å². The van der Waals surface area contributed by atoms with Gasteiger partial charge in [-0.3, -0.25) is 0 Å². The molecule has 0 aliphatic carbocycles. The number of nitrogens with one attached hydrogen (secondary N) is 1. The highest BCUT2D eigenvalue weighted by molar-refractivity contribution is 5.89. The molecule has 0 amide bonds. The van der Waals surface area contributed by atoms with E-state index in [2.05, 4.69) is 15.4 Å². The first-order valence-corrected chi connectivity index (χ1v) is 7.85. The van der Waals surface area contributed by atoms with Gasteiger partial charge in [0.15, 0.2) is 0 Å². The minimum absolute atomic E-state index is 0.250. The molecule has 5 rings (SSSR count). The van der Waals surface area contributed by atoms with Crippen molar-refractivity contribution in [1.29, 1.82) is 0 Å². The van der Waals surface area contributed by atoms with E-state index in [0.29, 0.717) is 0 Å². The molecule has 3 heterocycles. The minimum Gasteiger partial charge on any atom is -0.373 e. The fourth-order valence-electron chi connectivity index (χ4n) is 3.44. The van der Waals surface area contributed by atoms with Crippen molar-refractivity contribution in [1.82, 2.24) is 14.6 Å². The molecule has 0 fully saturated rings. The summed E-state index contributed by atoms with van der Waals surface area (Å²) >= 11 is 0. The quantitative estimate of drug-likeness (QED) is 0.567. The predicted octanol–water partition coefficient (Wildman–Crippen LogP) is 4.19. The minimum atomic E-state index is -0.547. The summed E-state index contributed by atoms with van der Waals surface area (Å²) in [5.74, 6) is -0.938. The number of benzene rings is 2. The summed E-state index contributed by atoms with van der Waals surface area (Å²) in [6, 6.07) is 12.5. The normalized spacial score (nSPS) is 15.5. The Bertz CT molecular complexity index is 1120. The summed E-state index contributed by atoms with van der Waals surface area (Å²) in [7, 11) is 0. The fourth-order valence-corrected chi connectivity index (χ4v) is 3.44. The van der Waals surface area contributed by atoms with Crippen molar-refractivity contribution >= 4 is 11.2 Å². The lowest BCUT2D eigenvalue weighted by molar-refractivity contribution is 0.581. The van der Waals surface area contributed by atoms with Crippen LogP contribution < -0.4 is 5.32 Å². The Hall–Kier alpha value is -3.28. The Balaban J connectivity index is 1.86. The van der Waals surface area contributed by atoms with E-state index in [1.165, 1.54) is 12.4 Å². The number of hydrogen-bond acceptors (Lipinski definition) is 3. The number of para-hydroxylation sites is 1. The molecule has 122 valence electrons. The zero-order valence-corrected chi connectivity index (χ0v) is 12.9. The molecule has 2 aromatic carbocycles. The van der Waals surface area contributed by atoms with Crippen LogP contribution in [0.3, 0.4) is 0 Å². The molecule has 0 saturated heterocycles. The van der Waals surface area contributed by atoms with E-state index < -0.39 is 17.7 Å². The van der Waals surface area contributed by atoms with Crippen LogP contribution in [-0.2, 0) is 0 Å². The third-order valence-corrected chi connectivity index (χ3v) is 4.55. The van der Waals surface area contributed by atoms with Crippen LogP contribution >= 0.6 is 0 Å². The molecule has 1 aliphatic heterocycles. The number of rotatable bonds is 1. The Labute approximate surface area is 141 Å². The lowest BCUT2D eigenvalue weighted by Gasteiger charge is -2.20. The lowest BCUT2D eigenvalue weighted by Crippen LogP contribution is -2.13. The molecule has 4 nitrogen and oxygen atoms in total. The predicted molar refractivity (Wildman–Crippen MR) is 90.2 cm³/mol. The van der Waals surface area contributed by atoms with Crippen molar-refractivity contribution in [2.24, 2.45) is 0 Å². The highest BCUT2D eigenvalue weighted by atomic mass is 19.1. The van der Waals surface area contributed by atoms with E-state index in [0.717, 1.165) is 40.2 Å². The lowest BCUT2D eigenvalue weighted by atomic mass is 9.99. The van der Waals surface area contributed by atoms with Gasteiger partial charge in [-0.1, -0.05) is 18.2 Å². The Morgan fingerprint density at radius 1 is 1.00 bits per heavy atom. The van der Waals surface area contributed by atoms with E-state index in [1.54, 1.807) is 10.7 Å². The van der Waals surface area contributed by atoms with Crippen molar-refractivity contribution < 1.29 is 8.78 Å². The molecule has 2 aromatic heterocycles. The van der Waals surface area contributed by atoms with Crippen LogP contribution in [0.4, 0.5) is 14.5 Å². The van der Waals surface area contributed by atoms with Crippen LogP contribution in [0.15, 0.2) is 61.1 Å². The van der Waals surface area contributed by atoms with Gasteiger partial charge in [-0.2, -0.15) is 5.10 Å². The third-order valence-electron chi connectivity index (χ3n) is 4.55. The van der Waals surface area contributed by atoms with Crippen LogP contribution in [0.25, 0.3) is 16.8 Å². The molecule has 1 atom stereocenters. The second kappa shape index (κ2) is 5.11. The van der Waals surface area contributed by atoms with Gasteiger partial charge in [0, 0.05) is 28.6 Å². The standard InChI is InChI=1S/C19H12F2N4/c20-11-5-6-15(21)14(9-11)17-13-7-8-25-19(13)18(22-10-23-25)12-3-1-2-4-16(12)24-17/h1-10,17,24H. The molecule has 0 saturated carbocycles. The number of aromatic nitrogens is 3. The average molecular weight is 334 g/mol. The Morgan fingerprint density at radius 2 is 1.88 bits per heavy atom. The van der Waals surface area contributed by atoms with Gasteiger partial charge >= 0.3 is 0 Å². The molecule has 6 heteroatoms. The van der Waals surface area contributed by atoms with Crippen molar-refractivity contribution in [3.63, 3.8) is 0 Å².